The molecule has 0 aromatic carbocycles. The molecule has 0 unspecified atom stereocenters. The summed E-state index contributed by atoms with van der Waals surface area (Å²) in [5.41, 5.74) is 0.227. The van der Waals surface area contributed by atoms with Crippen LogP contribution in [0.3, 0.4) is 0 Å². The summed E-state index contributed by atoms with van der Waals surface area (Å²) in [7, 11) is 1.83. The molecule has 1 fully saturated rings. The van der Waals surface area contributed by atoms with Crippen LogP contribution >= 0.6 is 0 Å². The van der Waals surface area contributed by atoms with Gasteiger partial charge in [-0.2, -0.15) is 4.80 Å². The van der Waals surface area contributed by atoms with Crippen molar-refractivity contribution in [2.45, 2.75) is 39.0 Å². The first-order chi connectivity index (χ1) is 7.46. The van der Waals surface area contributed by atoms with Crippen LogP contribution in [-0.2, 0) is 12.5 Å². The van der Waals surface area contributed by atoms with E-state index in [0.29, 0.717) is 0 Å². The van der Waals surface area contributed by atoms with Gasteiger partial charge in [0.25, 0.3) is 0 Å². The van der Waals surface area contributed by atoms with Gasteiger partial charge in [-0.3, -0.25) is 0 Å². The standard InChI is InChI=1S/C11H21N5/c1-10(2,3)11(5-7-12-8-6-11)9-13-15-16(4)14-9/h12H,5-8H2,1-4H3. The highest BCUT2D eigenvalue weighted by atomic mass is 15.6. The number of aryl methyl sites for hydroxylation is 1. The Hall–Kier alpha value is -0.970. The second-order valence-electron chi connectivity index (χ2n) is 5.68. The molecule has 1 aliphatic heterocycles. The second-order valence-corrected chi connectivity index (χ2v) is 5.68. The molecule has 1 N–H and O–H groups in total. The van der Waals surface area contributed by atoms with Crippen LogP contribution in [0.5, 0.6) is 0 Å². The average molecular weight is 223 g/mol. The summed E-state index contributed by atoms with van der Waals surface area (Å²) in [6.45, 7) is 8.89. The molecule has 1 aromatic heterocycles. The molecule has 16 heavy (non-hydrogen) atoms. The molecular formula is C11H21N5. The molecule has 0 amide bonds. The fraction of sp³-hybridized carbons (Fsp3) is 0.909. The second kappa shape index (κ2) is 3.80. The topological polar surface area (TPSA) is 55.6 Å². The summed E-state index contributed by atoms with van der Waals surface area (Å²) < 4.78 is 0. The fourth-order valence-electron chi connectivity index (χ4n) is 2.64. The predicted molar refractivity (Wildman–Crippen MR) is 62.0 cm³/mol. The maximum atomic E-state index is 4.44. The SMILES string of the molecule is Cn1nnc(C2(C(C)(C)C)CCNCC2)n1. The third-order valence-corrected chi connectivity index (χ3v) is 3.83. The first-order valence-electron chi connectivity index (χ1n) is 5.91. The van der Waals surface area contributed by atoms with E-state index < -0.39 is 0 Å². The van der Waals surface area contributed by atoms with Crippen molar-refractivity contribution in [2.24, 2.45) is 12.5 Å². The van der Waals surface area contributed by atoms with Gasteiger partial charge in [0, 0.05) is 5.41 Å². The van der Waals surface area contributed by atoms with Crippen LogP contribution in [-0.4, -0.2) is 33.3 Å². The van der Waals surface area contributed by atoms with Crippen LogP contribution in [0.4, 0.5) is 0 Å². The van der Waals surface area contributed by atoms with Crippen molar-refractivity contribution in [2.75, 3.05) is 13.1 Å². The molecule has 1 aliphatic rings. The lowest BCUT2D eigenvalue weighted by Crippen LogP contribution is -2.49. The van der Waals surface area contributed by atoms with Crippen LogP contribution in [0.1, 0.15) is 39.4 Å². The Morgan fingerprint density at radius 2 is 1.88 bits per heavy atom. The maximum absolute atomic E-state index is 4.44. The van der Waals surface area contributed by atoms with Gasteiger partial charge in [0.15, 0.2) is 5.82 Å². The average Bonchev–Trinajstić information content (AvgIpc) is 2.65. The van der Waals surface area contributed by atoms with Crippen molar-refractivity contribution in [3.8, 4) is 0 Å². The van der Waals surface area contributed by atoms with Crippen LogP contribution in [0.15, 0.2) is 0 Å². The number of rotatable bonds is 1. The molecule has 0 aliphatic carbocycles. The minimum Gasteiger partial charge on any atom is -0.317 e. The molecule has 0 saturated carbocycles. The summed E-state index contributed by atoms with van der Waals surface area (Å²) in [5.74, 6) is 0.906. The van der Waals surface area contributed by atoms with Gasteiger partial charge in [0.2, 0.25) is 0 Å². The van der Waals surface area contributed by atoms with E-state index in [2.05, 4.69) is 41.5 Å². The lowest BCUT2D eigenvalue weighted by Gasteiger charge is -2.45. The highest BCUT2D eigenvalue weighted by Crippen LogP contribution is 2.46. The van der Waals surface area contributed by atoms with Gasteiger partial charge >= 0.3 is 0 Å². The van der Waals surface area contributed by atoms with Crippen molar-refractivity contribution < 1.29 is 0 Å². The molecule has 5 nitrogen and oxygen atoms in total. The Morgan fingerprint density at radius 1 is 1.25 bits per heavy atom. The highest BCUT2D eigenvalue weighted by molar-refractivity contribution is 5.13. The van der Waals surface area contributed by atoms with Crippen LogP contribution < -0.4 is 5.32 Å². The smallest absolute Gasteiger partial charge is 0.181 e. The molecule has 2 rings (SSSR count). The first-order valence-corrected chi connectivity index (χ1v) is 5.91. The zero-order valence-electron chi connectivity index (χ0n) is 10.6. The molecule has 5 heteroatoms. The number of hydrogen-bond acceptors (Lipinski definition) is 4. The lowest BCUT2D eigenvalue weighted by molar-refractivity contribution is 0.124. The number of piperidine rings is 1. The largest absolute Gasteiger partial charge is 0.317 e. The van der Waals surface area contributed by atoms with E-state index in [9.17, 15) is 0 Å². The van der Waals surface area contributed by atoms with Gasteiger partial charge in [-0.05, 0) is 36.6 Å². The van der Waals surface area contributed by atoms with E-state index in [4.69, 9.17) is 0 Å². The Kier molecular flexibility index (Phi) is 2.74. The lowest BCUT2D eigenvalue weighted by atomic mass is 9.61. The Bertz CT molecular complexity index is 357. The number of nitrogens with one attached hydrogen (secondary N) is 1. The number of aromatic nitrogens is 4. The summed E-state index contributed by atoms with van der Waals surface area (Å²) in [5, 5.41) is 16.1. The Morgan fingerprint density at radius 3 is 2.31 bits per heavy atom. The molecule has 0 bridgehead atoms. The number of hydrogen-bond donors (Lipinski definition) is 1. The van der Waals surface area contributed by atoms with Crippen molar-refractivity contribution in [1.29, 1.82) is 0 Å². The molecule has 0 radical (unpaired) electrons. The van der Waals surface area contributed by atoms with E-state index in [1.54, 1.807) is 4.80 Å². The summed E-state index contributed by atoms with van der Waals surface area (Å²) >= 11 is 0. The van der Waals surface area contributed by atoms with Crippen LogP contribution in [0.2, 0.25) is 0 Å². The predicted octanol–water partition coefficient (Wildman–Crippen LogP) is 0.877. The zero-order valence-corrected chi connectivity index (χ0v) is 10.6. The van der Waals surface area contributed by atoms with E-state index in [0.717, 1.165) is 31.8 Å². The summed E-state index contributed by atoms with van der Waals surface area (Å²) in [4.78, 5) is 1.56. The van der Waals surface area contributed by atoms with Crippen molar-refractivity contribution in [1.82, 2.24) is 25.5 Å². The van der Waals surface area contributed by atoms with E-state index >= 15 is 0 Å². The molecule has 2 heterocycles. The summed E-state index contributed by atoms with van der Waals surface area (Å²) in [6.07, 6.45) is 2.17. The molecule has 1 saturated heterocycles. The Balaban J connectivity index is 2.41. The van der Waals surface area contributed by atoms with Gasteiger partial charge in [0.05, 0.1) is 7.05 Å². The van der Waals surface area contributed by atoms with Crippen LogP contribution in [0, 0.1) is 5.41 Å². The molecule has 90 valence electrons. The van der Waals surface area contributed by atoms with Gasteiger partial charge in [0.1, 0.15) is 0 Å². The van der Waals surface area contributed by atoms with Crippen molar-refractivity contribution in [3.05, 3.63) is 5.82 Å². The van der Waals surface area contributed by atoms with Gasteiger partial charge in [-0.15, -0.1) is 10.2 Å². The zero-order chi connectivity index (χ0) is 11.8. The number of tetrazole rings is 1. The van der Waals surface area contributed by atoms with Crippen molar-refractivity contribution in [3.63, 3.8) is 0 Å². The normalized spacial score (nSPS) is 21.0. The minimum absolute atomic E-state index is 0.0620. The maximum Gasteiger partial charge on any atom is 0.181 e. The van der Waals surface area contributed by atoms with Gasteiger partial charge in [-0.1, -0.05) is 20.8 Å². The van der Waals surface area contributed by atoms with E-state index in [1.807, 2.05) is 7.05 Å². The van der Waals surface area contributed by atoms with Crippen LogP contribution in [0.25, 0.3) is 0 Å². The highest BCUT2D eigenvalue weighted by Gasteiger charge is 2.47. The fourth-order valence-corrected chi connectivity index (χ4v) is 2.64. The molecular weight excluding hydrogens is 202 g/mol. The summed E-state index contributed by atoms with van der Waals surface area (Å²) in [6, 6.07) is 0. The first kappa shape index (κ1) is 11.5. The third kappa shape index (κ3) is 1.73. The molecule has 1 aromatic rings. The third-order valence-electron chi connectivity index (χ3n) is 3.83. The quantitative estimate of drug-likeness (QED) is 0.768. The van der Waals surface area contributed by atoms with E-state index in [-0.39, 0.29) is 10.8 Å². The van der Waals surface area contributed by atoms with Crippen molar-refractivity contribution >= 4 is 0 Å². The van der Waals surface area contributed by atoms with E-state index in [1.165, 1.54) is 0 Å². The minimum atomic E-state index is 0.0620. The molecule has 0 spiro atoms. The Labute approximate surface area is 96.6 Å². The van der Waals surface area contributed by atoms with Gasteiger partial charge < -0.3 is 5.32 Å². The monoisotopic (exact) mass is 223 g/mol. The molecule has 0 atom stereocenters. The number of nitrogens with zero attached hydrogens (tertiary/aromatic N) is 4. The van der Waals surface area contributed by atoms with Gasteiger partial charge in [-0.25, -0.2) is 0 Å².